The first-order chi connectivity index (χ1) is 15.0. The van der Waals surface area contributed by atoms with Gasteiger partial charge in [-0.2, -0.15) is 0 Å². The molecule has 0 atom stereocenters. The Morgan fingerprint density at radius 3 is 2.45 bits per heavy atom. The molecule has 0 N–H and O–H groups in total. The van der Waals surface area contributed by atoms with Crippen molar-refractivity contribution < 1.29 is 4.79 Å². The Bertz CT molecular complexity index is 1100. The predicted molar refractivity (Wildman–Crippen MR) is 123 cm³/mol. The van der Waals surface area contributed by atoms with E-state index in [-0.39, 0.29) is 17.5 Å². The number of aromatic nitrogens is 2. The summed E-state index contributed by atoms with van der Waals surface area (Å²) in [6.07, 6.45) is 2.83. The number of rotatable bonds is 9. The molecule has 31 heavy (non-hydrogen) atoms. The summed E-state index contributed by atoms with van der Waals surface area (Å²) >= 11 is 0. The second kappa shape index (κ2) is 9.43. The summed E-state index contributed by atoms with van der Waals surface area (Å²) in [5.74, 6) is 0.822. The van der Waals surface area contributed by atoms with E-state index >= 15 is 0 Å². The average Bonchev–Trinajstić information content (AvgIpc) is 3.60. The molecule has 0 spiro atoms. The standard InChI is InChI=1S/C25H30N4O2/c1-27(2)16-17-28(18-19-8-4-3-5-9-19)24(30)15-14-23-26-22-11-7-6-10-21(22)25(31)29(23)20-12-13-20/h3-11,20H,12-18H2,1-2H3. The molecule has 1 aliphatic rings. The van der Waals surface area contributed by atoms with E-state index in [4.69, 9.17) is 4.98 Å². The summed E-state index contributed by atoms with van der Waals surface area (Å²) in [4.78, 5) is 35.0. The zero-order valence-corrected chi connectivity index (χ0v) is 18.3. The Morgan fingerprint density at radius 2 is 1.74 bits per heavy atom. The molecule has 1 saturated carbocycles. The molecule has 6 heteroatoms. The van der Waals surface area contributed by atoms with Crippen LogP contribution >= 0.6 is 0 Å². The highest BCUT2D eigenvalue weighted by atomic mass is 16.2. The van der Waals surface area contributed by atoms with Crippen molar-refractivity contribution in [1.29, 1.82) is 0 Å². The summed E-state index contributed by atoms with van der Waals surface area (Å²) in [5, 5.41) is 0.654. The quantitative estimate of drug-likeness (QED) is 0.535. The van der Waals surface area contributed by atoms with Crippen LogP contribution in [0.4, 0.5) is 0 Å². The van der Waals surface area contributed by atoms with Crippen LogP contribution in [0.1, 0.15) is 36.7 Å². The van der Waals surface area contributed by atoms with E-state index in [1.807, 2.05) is 78.2 Å². The molecule has 1 aromatic heterocycles. The van der Waals surface area contributed by atoms with E-state index in [2.05, 4.69) is 4.90 Å². The van der Waals surface area contributed by atoms with Gasteiger partial charge in [0.2, 0.25) is 5.91 Å². The second-order valence-electron chi connectivity index (χ2n) is 8.56. The molecule has 0 unspecified atom stereocenters. The number of aryl methyl sites for hydroxylation is 1. The Kier molecular flexibility index (Phi) is 6.47. The van der Waals surface area contributed by atoms with Gasteiger partial charge in [0.05, 0.1) is 10.9 Å². The van der Waals surface area contributed by atoms with Gasteiger partial charge in [-0.1, -0.05) is 42.5 Å². The fraction of sp³-hybridized carbons (Fsp3) is 0.400. The van der Waals surface area contributed by atoms with Gasteiger partial charge in [-0.05, 0) is 44.6 Å². The number of carbonyl (C=O) groups is 1. The van der Waals surface area contributed by atoms with Crippen molar-refractivity contribution in [1.82, 2.24) is 19.4 Å². The number of fused-ring (bicyclic) bond motifs is 1. The highest BCUT2D eigenvalue weighted by Gasteiger charge is 2.28. The minimum Gasteiger partial charge on any atom is -0.337 e. The van der Waals surface area contributed by atoms with Crippen LogP contribution < -0.4 is 5.56 Å². The topological polar surface area (TPSA) is 58.4 Å². The van der Waals surface area contributed by atoms with Crippen molar-refractivity contribution in [3.63, 3.8) is 0 Å². The molecule has 2 aromatic carbocycles. The van der Waals surface area contributed by atoms with Crippen LogP contribution in [0, 0.1) is 0 Å². The minimum absolute atomic E-state index is 0.0179. The maximum atomic E-state index is 13.2. The number of nitrogens with zero attached hydrogens (tertiary/aromatic N) is 4. The van der Waals surface area contributed by atoms with E-state index in [9.17, 15) is 9.59 Å². The number of hydrogen-bond acceptors (Lipinski definition) is 4. The third kappa shape index (κ3) is 5.20. The van der Waals surface area contributed by atoms with Gasteiger partial charge < -0.3 is 9.80 Å². The van der Waals surface area contributed by atoms with Crippen molar-refractivity contribution in [3.8, 4) is 0 Å². The summed E-state index contributed by atoms with van der Waals surface area (Å²) in [5.41, 5.74) is 1.85. The summed E-state index contributed by atoms with van der Waals surface area (Å²) in [6, 6.07) is 17.8. The fourth-order valence-electron chi connectivity index (χ4n) is 3.87. The largest absolute Gasteiger partial charge is 0.337 e. The summed E-state index contributed by atoms with van der Waals surface area (Å²) in [7, 11) is 4.02. The molecule has 1 fully saturated rings. The summed E-state index contributed by atoms with van der Waals surface area (Å²) < 4.78 is 1.83. The lowest BCUT2D eigenvalue weighted by Crippen LogP contribution is -2.36. The van der Waals surface area contributed by atoms with Gasteiger partial charge in [0.1, 0.15) is 5.82 Å². The minimum atomic E-state index is 0.0179. The molecule has 0 bridgehead atoms. The normalized spacial score (nSPS) is 13.6. The third-order valence-corrected chi connectivity index (χ3v) is 5.74. The van der Waals surface area contributed by atoms with Crippen LogP contribution in [0.5, 0.6) is 0 Å². The molecule has 6 nitrogen and oxygen atoms in total. The second-order valence-corrected chi connectivity index (χ2v) is 8.56. The highest BCUT2D eigenvalue weighted by molar-refractivity contribution is 5.78. The number of benzene rings is 2. The highest BCUT2D eigenvalue weighted by Crippen LogP contribution is 2.35. The Labute approximate surface area is 183 Å². The Hall–Kier alpha value is -2.99. The van der Waals surface area contributed by atoms with Crippen molar-refractivity contribution in [2.75, 3.05) is 27.2 Å². The van der Waals surface area contributed by atoms with E-state index in [0.29, 0.717) is 36.8 Å². The maximum absolute atomic E-state index is 13.2. The number of likely N-dealkylation sites (N-methyl/N-ethyl adjacent to an activating group) is 1. The first kappa shape index (κ1) is 21.2. The van der Waals surface area contributed by atoms with Gasteiger partial charge in [-0.25, -0.2) is 4.98 Å². The average molecular weight is 419 g/mol. The van der Waals surface area contributed by atoms with E-state index in [1.54, 1.807) is 0 Å². The van der Waals surface area contributed by atoms with Gasteiger partial charge in [0, 0.05) is 38.5 Å². The zero-order valence-electron chi connectivity index (χ0n) is 18.3. The predicted octanol–water partition coefficient (Wildman–Crippen LogP) is 3.25. The van der Waals surface area contributed by atoms with Crippen molar-refractivity contribution >= 4 is 16.8 Å². The smallest absolute Gasteiger partial charge is 0.261 e. The van der Waals surface area contributed by atoms with Gasteiger partial charge in [0.15, 0.2) is 0 Å². The maximum Gasteiger partial charge on any atom is 0.261 e. The van der Waals surface area contributed by atoms with Crippen LogP contribution in [-0.4, -0.2) is 52.4 Å². The van der Waals surface area contributed by atoms with E-state index < -0.39 is 0 Å². The molecular formula is C25H30N4O2. The monoisotopic (exact) mass is 418 g/mol. The van der Waals surface area contributed by atoms with Crippen molar-refractivity contribution in [2.45, 2.75) is 38.3 Å². The van der Waals surface area contributed by atoms with Gasteiger partial charge in [-0.3, -0.25) is 14.2 Å². The van der Waals surface area contributed by atoms with Crippen LogP contribution in [0.25, 0.3) is 10.9 Å². The number of para-hydroxylation sites is 1. The van der Waals surface area contributed by atoms with Gasteiger partial charge in [-0.15, -0.1) is 0 Å². The number of hydrogen-bond donors (Lipinski definition) is 0. The Balaban J connectivity index is 1.53. The molecule has 1 heterocycles. The summed E-state index contributed by atoms with van der Waals surface area (Å²) in [6.45, 7) is 2.06. The molecule has 162 valence electrons. The van der Waals surface area contributed by atoms with Crippen LogP contribution in [0.2, 0.25) is 0 Å². The van der Waals surface area contributed by atoms with Gasteiger partial charge in [0.25, 0.3) is 5.56 Å². The molecule has 1 amide bonds. The van der Waals surface area contributed by atoms with Crippen LogP contribution in [0.3, 0.4) is 0 Å². The SMILES string of the molecule is CN(C)CCN(Cc1ccccc1)C(=O)CCc1nc2ccccc2c(=O)n1C1CC1. The molecular weight excluding hydrogens is 388 g/mol. The van der Waals surface area contributed by atoms with Crippen LogP contribution in [-0.2, 0) is 17.8 Å². The van der Waals surface area contributed by atoms with Crippen molar-refractivity contribution in [3.05, 3.63) is 76.3 Å². The fourth-order valence-corrected chi connectivity index (χ4v) is 3.87. The first-order valence-corrected chi connectivity index (χ1v) is 11.0. The first-order valence-electron chi connectivity index (χ1n) is 11.0. The van der Waals surface area contributed by atoms with Crippen LogP contribution in [0.15, 0.2) is 59.4 Å². The molecule has 1 aliphatic carbocycles. The number of carbonyl (C=O) groups excluding carboxylic acids is 1. The number of amides is 1. The van der Waals surface area contributed by atoms with Gasteiger partial charge >= 0.3 is 0 Å². The molecule has 0 radical (unpaired) electrons. The molecule has 0 aliphatic heterocycles. The van der Waals surface area contributed by atoms with E-state index in [1.165, 1.54) is 0 Å². The van der Waals surface area contributed by atoms with E-state index in [0.717, 1.165) is 30.8 Å². The Morgan fingerprint density at radius 1 is 1.03 bits per heavy atom. The molecule has 0 saturated heterocycles. The molecule has 4 rings (SSSR count). The van der Waals surface area contributed by atoms with Crippen molar-refractivity contribution in [2.24, 2.45) is 0 Å². The third-order valence-electron chi connectivity index (χ3n) is 5.74. The lowest BCUT2D eigenvalue weighted by molar-refractivity contribution is -0.132. The zero-order chi connectivity index (χ0) is 21.8. The lowest BCUT2D eigenvalue weighted by Gasteiger charge is -2.25. The lowest BCUT2D eigenvalue weighted by atomic mass is 10.1. The molecule has 3 aromatic rings.